The molecule has 4 nitrogen and oxygen atoms in total. The molecule has 2 aromatic heterocycles. The molecule has 3 rings (SSSR count). The van der Waals surface area contributed by atoms with Crippen molar-refractivity contribution in [2.24, 2.45) is 5.73 Å². The fourth-order valence-corrected chi connectivity index (χ4v) is 4.82. The Balaban J connectivity index is 1.97. The van der Waals surface area contributed by atoms with E-state index < -0.39 is 0 Å². The van der Waals surface area contributed by atoms with Crippen molar-refractivity contribution in [1.29, 1.82) is 0 Å². The maximum atomic E-state index is 10.9. The van der Waals surface area contributed by atoms with E-state index in [1.54, 1.807) is 29.4 Å². The third-order valence-electron chi connectivity index (χ3n) is 4.09. The Morgan fingerprint density at radius 1 is 1.24 bits per heavy atom. The van der Waals surface area contributed by atoms with Crippen LogP contribution in [0.15, 0.2) is 35.6 Å². The van der Waals surface area contributed by atoms with Gasteiger partial charge >= 0.3 is 0 Å². The SMILES string of the molecule is CCc1ccc(-c2c(C)sc3ncnc(SCCCC(N)=O)c23)cc1. The summed E-state index contributed by atoms with van der Waals surface area (Å²) in [4.78, 5) is 22.1. The van der Waals surface area contributed by atoms with Gasteiger partial charge in [0.2, 0.25) is 5.91 Å². The second kappa shape index (κ2) is 7.97. The smallest absolute Gasteiger partial charge is 0.217 e. The van der Waals surface area contributed by atoms with Crippen molar-refractivity contribution in [3.8, 4) is 11.1 Å². The number of rotatable bonds is 7. The van der Waals surface area contributed by atoms with Crippen molar-refractivity contribution in [2.45, 2.75) is 38.1 Å². The first-order chi connectivity index (χ1) is 12.1. The molecule has 0 spiro atoms. The Morgan fingerprint density at radius 2 is 2.00 bits per heavy atom. The second-order valence-corrected chi connectivity index (χ2v) is 8.15. The highest BCUT2D eigenvalue weighted by Gasteiger charge is 2.17. The zero-order chi connectivity index (χ0) is 17.8. The predicted molar refractivity (Wildman–Crippen MR) is 106 cm³/mol. The van der Waals surface area contributed by atoms with Crippen LogP contribution < -0.4 is 5.73 Å². The van der Waals surface area contributed by atoms with Gasteiger partial charge in [0, 0.05) is 22.6 Å². The van der Waals surface area contributed by atoms with Gasteiger partial charge in [-0.2, -0.15) is 0 Å². The molecule has 0 aliphatic heterocycles. The van der Waals surface area contributed by atoms with E-state index in [0.717, 1.165) is 33.8 Å². The lowest BCUT2D eigenvalue weighted by Crippen LogP contribution is -2.10. The van der Waals surface area contributed by atoms with Crippen LogP contribution in [0.25, 0.3) is 21.3 Å². The lowest BCUT2D eigenvalue weighted by atomic mass is 10.0. The first-order valence-electron chi connectivity index (χ1n) is 8.34. The lowest BCUT2D eigenvalue weighted by Gasteiger charge is -2.07. The molecule has 0 unspecified atom stereocenters. The molecule has 0 saturated heterocycles. The summed E-state index contributed by atoms with van der Waals surface area (Å²) in [6.45, 7) is 4.30. The summed E-state index contributed by atoms with van der Waals surface area (Å²) in [5, 5.41) is 2.10. The summed E-state index contributed by atoms with van der Waals surface area (Å²) in [6.07, 6.45) is 3.83. The molecule has 6 heteroatoms. The van der Waals surface area contributed by atoms with E-state index in [9.17, 15) is 4.79 Å². The Bertz CT molecular complexity index is 888. The molecule has 0 aliphatic rings. The number of nitrogens with two attached hydrogens (primary N) is 1. The van der Waals surface area contributed by atoms with Gasteiger partial charge in [-0.05, 0) is 30.9 Å². The molecule has 130 valence electrons. The third-order valence-corrected chi connectivity index (χ3v) is 6.18. The zero-order valence-electron chi connectivity index (χ0n) is 14.4. The minimum atomic E-state index is -0.253. The molecule has 0 aliphatic carbocycles. The zero-order valence-corrected chi connectivity index (χ0v) is 16.0. The van der Waals surface area contributed by atoms with Crippen molar-refractivity contribution in [2.75, 3.05) is 5.75 Å². The number of aryl methyl sites for hydroxylation is 2. The lowest BCUT2D eigenvalue weighted by molar-refractivity contribution is -0.118. The van der Waals surface area contributed by atoms with Crippen LogP contribution in [0.4, 0.5) is 0 Å². The highest BCUT2D eigenvalue weighted by atomic mass is 32.2. The topological polar surface area (TPSA) is 68.9 Å². The average Bonchev–Trinajstić information content (AvgIpc) is 2.95. The van der Waals surface area contributed by atoms with Gasteiger partial charge in [-0.15, -0.1) is 23.1 Å². The van der Waals surface area contributed by atoms with E-state index in [0.29, 0.717) is 6.42 Å². The number of thiophene rings is 1. The van der Waals surface area contributed by atoms with Gasteiger partial charge in [0.25, 0.3) is 0 Å². The first-order valence-corrected chi connectivity index (χ1v) is 10.1. The molecule has 1 amide bonds. The summed E-state index contributed by atoms with van der Waals surface area (Å²) in [7, 11) is 0. The van der Waals surface area contributed by atoms with Crippen LogP contribution in [0.3, 0.4) is 0 Å². The van der Waals surface area contributed by atoms with Gasteiger partial charge in [0.15, 0.2) is 0 Å². The largest absolute Gasteiger partial charge is 0.370 e. The van der Waals surface area contributed by atoms with Crippen molar-refractivity contribution in [3.63, 3.8) is 0 Å². The molecule has 0 radical (unpaired) electrons. The Kier molecular flexibility index (Phi) is 5.71. The molecule has 2 heterocycles. The number of carbonyl (C=O) groups excluding carboxylic acids is 1. The number of fused-ring (bicyclic) bond motifs is 1. The van der Waals surface area contributed by atoms with Crippen LogP contribution in [0.2, 0.25) is 0 Å². The summed E-state index contributed by atoms with van der Waals surface area (Å²) < 4.78 is 0. The minimum absolute atomic E-state index is 0.253. The highest BCUT2D eigenvalue weighted by Crippen LogP contribution is 2.41. The maximum absolute atomic E-state index is 10.9. The van der Waals surface area contributed by atoms with Crippen LogP contribution in [-0.4, -0.2) is 21.6 Å². The van der Waals surface area contributed by atoms with E-state index in [-0.39, 0.29) is 5.91 Å². The molecule has 0 atom stereocenters. The highest BCUT2D eigenvalue weighted by molar-refractivity contribution is 7.99. The van der Waals surface area contributed by atoms with Crippen LogP contribution in [0, 0.1) is 6.92 Å². The van der Waals surface area contributed by atoms with E-state index in [1.807, 2.05) is 0 Å². The number of thioether (sulfide) groups is 1. The number of nitrogens with zero attached hydrogens (tertiary/aromatic N) is 2. The summed E-state index contributed by atoms with van der Waals surface area (Å²) in [6, 6.07) is 8.73. The van der Waals surface area contributed by atoms with Crippen molar-refractivity contribution in [3.05, 3.63) is 41.0 Å². The van der Waals surface area contributed by atoms with Gasteiger partial charge in [0.05, 0.1) is 5.39 Å². The minimum Gasteiger partial charge on any atom is -0.370 e. The molecule has 3 aromatic rings. The number of hydrogen-bond donors (Lipinski definition) is 1. The molecule has 1 aromatic carbocycles. The third kappa shape index (κ3) is 4.02. The van der Waals surface area contributed by atoms with Crippen molar-refractivity contribution < 1.29 is 4.79 Å². The van der Waals surface area contributed by atoms with Gasteiger partial charge in [-0.3, -0.25) is 4.79 Å². The monoisotopic (exact) mass is 371 g/mol. The van der Waals surface area contributed by atoms with Crippen LogP contribution in [-0.2, 0) is 11.2 Å². The summed E-state index contributed by atoms with van der Waals surface area (Å²) in [5.74, 6) is 0.564. The number of hydrogen-bond acceptors (Lipinski definition) is 5. The Morgan fingerprint density at radius 3 is 2.68 bits per heavy atom. The van der Waals surface area contributed by atoms with Crippen LogP contribution in [0.5, 0.6) is 0 Å². The number of amides is 1. The molecular weight excluding hydrogens is 350 g/mol. The molecule has 25 heavy (non-hydrogen) atoms. The summed E-state index contributed by atoms with van der Waals surface area (Å²) >= 11 is 3.37. The molecule has 0 saturated carbocycles. The van der Waals surface area contributed by atoms with Gasteiger partial charge in [-0.1, -0.05) is 31.2 Å². The predicted octanol–water partition coefficient (Wildman–Crippen LogP) is 4.59. The fraction of sp³-hybridized carbons (Fsp3) is 0.316. The number of carbonyl (C=O) groups is 1. The van der Waals surface area contributed by atoms with Gasteiger partial charge in [0.1, 0.15) is 16.2 Å². The first kappa shape index (κ1) is 17.9. The fourth-order valence-electron chi connectivity index (χ4n) is 2.80. The second-order valence-electron chi connectivity index (χ2n) is 5.86. The Labute approximate surface area is 155 Å². The Hall–Kier alpha value is -1.92. The quantitative estimate of drug-likeness (QED) is 0.375. The normalized spacial score (nSPS) is 11.1. The van der Waals surface area contributed by atoms with Gasteiger partial charge in [-0.25, -0.2) is 9.97 Å². The van der Waals surface area contributed by atoms with Crippen molar-refractivity contribution >= 4 is 39.2 Å². The van der Waals surface area contributed by atoms with Gasteiger partial charge < -0.3 is 5.73 Å². The van der Waals surface area contributed by atoms with Crippen molar-refractivity contribution in [1.82, 2.24) is 9.97 Å². The molecule has 2 N–H and O–H groups in total. The van der Waals surface area contributed by atoms with E-state index in [1.165, 1.54) is 21.6 Å². The molecular formula is C19H21N3OS2. The van der Waals surface area contributed by atoms with E-state index in [4.69, 9.17) is 5.73 Å². The van der Waals surface area contributed by atoms with Crippen LogP contribution in [0.1, 0.15) is 30.2 Å². The maximum Gasteiger partial charge on any atom is 0.217 e. The molecule has 0 bridgehead atoms. The van der Waals surface area contributed by atoms with E-state index in [2.05, 4.69) is 48.1 Å². The number of benzene rings is 1. The van der Waals surface area contributed by atoms with Crippen LogP contribution >= 0.6 is 23.1 Å². The molecule has 0 fully saturated rings. The summed E-state index contributed by atoms with van der Waals surface area (Å²) in [5.41, 5.74) is 8.98. The van der Waals surface area contributed by atoms with E-state index >= 15 is 0 Å². The average molecular weight is 372 g/mol. The standard InChI is InChI=1S/C19H21N3OS2/c1-3-13-6-8-14(9-7-13)16-12(2)25-19-17(16)18(21-11-22-19)24-10-4-5-15(20)23/h6-9,11H,3-5,10H2,1-2H3,(H2,20,23). The number of primary amides is 1. The number of aromatic nitrogens is 2.